The van der Waals surface area contributed by atoms with Crippen molar-refractivity contribution in [2.45, 2.75) is 19.4 Å². The van der Waals surface area contributed by atoms with E-state index in [4.69, 9.17) is 11.5 Å². The van der Waals surface area contributed by atoms with Gasteiger partial charge in [0.05, 0.1) is 0 Å². The van der Waals surface area contributed by atoms with Gasteiger partial charge >= 0.3 is 0 Å². The molecule has 0 saturated heterocycles. The maximum Gasteiger partial charge on any atom is 0.219 e. The molecule has 0 heterocycles. The van der Waals surface area contributed by atoms with Crippen LogP contribution in [-0.2, 0) is 4.79 Å². The highest BCUT2D eigenvalue weighted by molar-refractivity contribution is 5.74. The topological polar surface area (TPSA) is 69.1 Å². The van der Waals surface area contributed by atoms with Gasteiger partial charge < -0.3 is 11.5 Å². The van der Waals surface area contributed by atoms with Gasteiger partial charge in [-0.15, -0.1) is 0 Å². The molecule has 9 heavy (non-hydrogen) atoms. The summed E-state index contributed by atoms with van der Waals surface area (Å²) >= 11 is 0. The van der Waals surface area contributed by atoms with E-state index in [1.165, 1.54) is 0 Å². The molecule has 0 aliphatic heterocycles. The van der Waals surface area contributed by atoms with Crippen LogP contribution in [0.3, 0.4) is 0 Å². The summed E-state index contributed by atoms with van der Waals surface area (Å²) in [5.41, 5.74) is 11.1. The van der Waals surface area contributed by atoms with Gasteiger partial charge in [0, 0.05) is 12.5 Å². The highest BCUT2D eigenvalue weighted by Crippen LogP contribution is 1.97. The Labute approximate surface area is 54.7 Å². The van der Waals surface area contributed by atoms with Crippen LogP contribution < -0.4 is 11.5 Å². The van der Waals surface area contributed by atoms with E-state index in [1.54, 1.807) is 6.92 Å². The fourth-order valence-electron chi connectivity index (χ4n) is 0.391. The summed E-state index contributed by atoms with van der Waals surface area (Å²) in [4.78, 5) is 10.2. The van der Waals surface area contributed by atoms with Crippen molar-refractivity contribution in [3.05, 3.63) is 12.2 Å². The zero-order chi connectivity index (χ0) is 7.44. The van der Waals surface area contributed by atoms with Crippen LogP contribution in [0.1, 0.15) is 13.3 Å². The molecule has 0 aliphatic carbocycles. The van der Waals surface area contributed by atoms with E-state index in [2.05, 4.69) is 6.58 Å². The van der Waals surface area contributed by atoms with E-state index < -0.39 is 0 Å². The molecule has 1 unspecified atom stereocenters. The summed E-state index contributed by atoms with van der Waals surface area (Å²) in [6, 6.07) is -0.275. The van der Waals surface area contributed by atoms with Gasteiger partial charge in [-0.2, -0.15) is 0 Å². The quantitative estimate of drug-likeness (QED) is 0.515. The fourth-order valence-corrected chi connectivity index (χ4v) is 0.391. The van der Waals surface area contributed by atoms with Crippen LogP contribution in [0.5, 0.6) is 0 Å². The standard InChI is InChI=1S/C6H12N2O/c1-4(2)5(7)3-6(8)9/h5H,1,3,7H2,2H3,(H2,8,9). The first-order valence-corrected chi connectivity index (χ1v) is 2.73. The predicted octanol–water partition coefficient (Wildman–Crippen LogP) is -0.235. The van der Waals surface area contributed by atoms with Crippen molar-refractivity contribution in [1.29, 1.82) is 0 Å². The first kappa shape index (κ1) is 8.17. The lowest BCUT2D eigenvalue weighted by Gasteiger charge is -2.06. The van der Waals surface area contributed by atoms with Crippen LogP contribution in [0.15, 0.2) is 12.2 Å². The van der Waals surface area contributed by atoms with Gasteiger partial charge in [0.2, 0.25) is 5.91 Å². The average Bonchev–Trinajstić information content (AvgIpc) is 1.63. The molecule has 1 atom stereocenters. The Balaban J connectivity index is 3.63. The maximum absolute atomic E-state index is 10.2. The zero-order valence-corrected chi connectivity index (χ0v) is 5.55. The van der Waals surface area contributed by atoms with E-state index in [-0.39, 0.29) is 18.4 Å². The predicted molar refractivity (Wildman–Crippen MR) is 36.6 cm³/mol. The molecule has 0 spiro atoms. The number of hydrogen-bond donors (Lipinski definition) is 2. The van der Waals surface area contributed by atoms with Gasteiger partial charge in [-0.25, -0.2) is 0 Å². The molecule has 0 aliphatic rings. The van der Waals surface area contributed by atoms with Gasteiger partial charge in [-0.05, 0) is 6.92 Å². The lowest BCUT2D eigenvalue weighted by Crippen LogP contribution is -2.27. The van der Waals surface area contributed by atoms with Crippen molar-refractivity contribution in [2.24, 2.45) is 11.5 Å². The molecule has 4 N–H and O–H groups in total. The number of hydrogen-bond acceptors (Lipinski definition) is 2. The Hall–Kier alpha value is -0.830. The molecule has 1 amide bonds. The molecule has 3 heteroatoms. The maximum atomic E-state index is 10.2. The first-order valence-electron chi connectivity index (χ1n) is 2.73. The average molecular weight is 128 g/mol. The second-order valence-electron chi connectivity index (χ2n) is 2.12. The number of amides is 1. The molecule has 0 fully saturated rings. The van der Waals surface area contributed by atoms with Crippen LogP contribution >= 0.6 is 0 Å². The Morgan fingerprint density at radius 3 is 2.33 bits per heavy atom. The number of primary amides is 1. The Morgan fingerprint density at radius 1 is 1.78 bits per heavy atom. The lowest BCUT2D eigenvalue weighted by atomic mass is 10.1. The van der Waals surface area contributed by atoms with Crippen LogP contribution in [0.2, 0.25) is 0 Å². The minimum atomic E-state index is -0.384. The Bertz CT molecular complexity index is 131. The first-order chi connectivity index (χ1) is 4.04. The molecule has 0 bridgehead atoms. The highest BCUT2D eigenvalue weighted by atomic mass is 16.1. The fraction of sp³-hybridized carbons (Fsp3) is 0.500. The minimum absolute atomic E-state index is 0.190. The number of carbonyl (C=O) groups is 1. The van der Waals surface area contributed by atoms with Gasteiger partial charge in [-0.3, -0.25) is 4.79 Å². The van der Waals surface area contributed by atoms with E-state index in [0.717, 1.165) is 5.57 Å². The highest BCUT2D eigenvalue weighted by Gasteiger charge is 2.04. The van der Waals surface area contributed by atoms with E-state index in [0.29, 0.717) is 0 Å². The number of nitrogens with two attached hydrogens (primary N) is 2. The summed E-state index contributed by atoms with van der Waals surface area (Å²) in [6.45, 7) is 5.35. The summed E-state index contributed by atoms with van der Waals surface area (Å²) in [7, 11) is 0. The number of carbonyl (C=O) groups excluding carboxylic acids is 1. The van der Waals surface area contributed by atoms with Crippen LogP contribution in [0.25, 0.3) is 0 Å². The molecule has 0 saturated carbocycles. The minimum Gasteiger partial charge on any atom is -0.370 e. The van der Waals surface area contributed by atoms with Gasteiger partial charge in [0.15, 0.2) is 0 Å². The van der Waals surface area contributed by atoms with Crippen LogP contribution in [0, 0.1) is 0 Å². The van der Waals surface area contributed by atoms with Gasteiger partial charge in [-0.1, -0.05) is 12.2 Å². The molecule has 0 radical (unpaired) electrons. The van der Waals surface area contributed by atoms with Crippen molar-refractivity contribution in [3.63, 3.8) is 0 Å². The molecule has 3 nitrogen and oxygen atoms in total. The second kappa shape index (κ2) is 3.25. The Kier molecular flexibility index (Phi) is 2.95. The van der Waals surface area contributed by atoms with Crippen molar-refractivity contribution < 1.29 is 4.79 Å². The van der Waals surface area contributed by atoms with E-state index in [1.807, 2.05) is 0 Å². The SMILES string of the molecule is C=C(C)C(N)CC(N)=O. The summed E-state index contributed by atoms with van der Waals surface area (Å²) < 4.78 is 0. The molecule has 0 aromatic carbocycles. The third kappa shape index (κ3) is 3.73. The summed E-state index contributed by atoms with van der Waals surface area (Å²) in [5, 5.41) is 0. The molecule has 0 aromatic rings. The summed E-state index contributed by atoms with van der Waals surface area (Å²) in [6.07, 6.45) is 0.190. The third-order valence-electron chi connectivity index (χ3n) is 1.05. The van der Waals surface area contributed by atoms with Crippen molar-refractivity contribution in [2.75, 3.05) is 0 Å². The van der Waals surface area contributed by atoms with Crippen molar-refractivity contribution >= 4 is 5.91 Å². The van der Waals surface area contributed by atoms with Gasteiger partial charge in [0.1, 0.15) is 0 Å². The second-order valence-corrected chi connectivity index (χ2v) is 2.12. The number of rotatable bonds is 3. The van der Waals surface area contributed by atoms with Gasteiger partial charge in [0.25, 0.3) is 0 Å². The molecule has 0 aromatic heterocycles. The largest absolute Gasteiger partial charge is 0.370 e. The molecule has 0 rings (SSSR count). The zero-order valence-electron chi connectivity index (χ0n) is 5.55. The smallest absolute Gasteiger partial charge is 0.219 e. The third-order valence-corrected chi connectivity index (χ3v) is 1.05. The molecular weight excluding hydrogens is 116 g/mol. The van der Waals surface area contributed by atoms with Crippen molar-refractivity contribution in [1.82, 2.24) is 0 Å². The van der Waals surface area contributed by atoms with Crippen molar-refractivity contribution in [3.8, 4) is 0 Å². The Morgan fingerprint density at radius 2 is 2.22 bits per heavy atom. The van der Waals surface area contributed by atoms with E-state index in [9.17, 15) is 4.79 Å². The molecular formula is C6H12N2O. The van der Waals surface area contributed by atoms with Crippen LogP contribution in [0.4, 0.5) is 0 Å². The lowest BCUT2D eigenvalue weighted by molar-refractivity contribution is -0.118. The summed E-state index contributed by atoms with van der Waals surface area (Å²) in [5.74, 6) is -0.384. The monoisotopic (exact) mass is 128 g/mol. The van der Waals surface area contributed by atoms with Crippen LogP contribution in [-0.4, -0.2) is 11.9 Å². The normalized spacial score (nSPS) is 12.7. The van der Waals surface area contributed by atoms with E-state index >= 15 is 0 Å². The molecule has 52 valence electrons.